The van der Waals surface area contributed by atoms with Gasteiger partial charge in [-0.3, -0.25) is 0 Å². The summed E-state index contributed by atoms with van der Waals surface area (Å²) in [7, 11) is 2.00. The predicted octanol–water partition coefficient (Wildman–Crippen LogP) is 1.22. The number of benzene rings is 1. The number of hydrogen-bond acceptors (Lipinski definition) is 3. The molecule has 1 unspecified atom stereocenters. The number of aliphatic hydroxyl groups is 1. The Hall–Kier alpha value is -1.06. The molecule has 1 saturated carbocycles. The van der Waals surface area contributed by atoms with E-state index in [1.165, 1.54) is 0 Å². The summed E-state index contributed by atoms with van der Waals surface area (Å²) in [6, 6.07) is 10.1. The van der Waals surface area contributed by atoms with Gasteiger partial charge in [0.25, 0.3) is 0 Å². The molecule has 0 spiro atoms. The summed E-state index contributed by atoms with van der Waals surface area (Å²) < 4.78 is 0. The first-order chi connectivity index (χ1) is 7.65. The average Bonchev–Trinajstić information content (AvgIpc) is 3.14. The summed E-state index contributed by atoms with van der Waals surface area (Å²) in [6.45, 7) is 0.951. The van der Waals surface area contributed by atoms with Crippen molar-refractivity contribution in [3.05, 3.63) is 30.3 Å². The topological polar surface area (TPSA) is 49.5 Å². The first-order valence-corrected chi connectivity index (χ1v) is 5.84. The van der Waals surface area contributed by atoms with Gasteiger partial charge in [0.1, 0.15) is 0 Å². The molecule has 0 bridgehead atoms. The lowest BCUT2D eigenvalue weighted by molar-refractivity contribution is 0.0344. The van der Waals surface area contributed by atoms with Crippen LogP contribution in [0.3, 0.4) is 0 Å². The average molecular weight is 220 g/mol. The normalized spacial score (nSPS) is 19.2. The molecule has 1 aromatic rings. The Bertz CT molecular complexity index is 337. The SMILES string of the molecule is CN(CC(O)(CN)C1CC1)c1ccccc1. The van der Waals surface area contributed by atoms with Crippen LogP contribution in [0.4, 0.5) is 5.69 Å². The van der Waals surface area contributed by atoms with Gasteiger partial charge < -0.3 is 15.7 Å². The Morgan fingerprint density at radius 3 is 2.50 bits per heavy atom. The standard InChI is InChI=1S/C13H20N2O/c1-15(12-5-3-2-4-6-12)10-13(16,9-14)11-7-8-11/h2-6,11,16H,7-10,14H2,1H3. The third-order valence-corrected chi connectivity index (χ3v) is 3.40. The molecule has 1 aromatic carbocycles. The first-order valence-electron chi connectivity index (χ1n) is 5.84. The van der Waals surface area contributed by atoms with Crippen LogP contribution in [-0.4, -0.2) is 30.8 Å². The van der Waals surface area contributed by atoms with E-state index in [0.717, 1.165) is 18.5 Å². The van der Waals surface area contributed by atoms with Gasteiger partial charge in [0.05, 0.1) is 5.60 Å². The van der Waals surface area contributed by atoms with E-state index in [2.05, 4.69) is 4.90 Å². The molecular formula is C13H20N2O. The number of para-hydroxylation sites is 1. The first kappa shape index (κ1) is 11.4. The lowest BCUT2D eigenvalue weighted by atomic mass is 9.97. The van der Waals surface area contributed by atoms with Crippen LogP contribution in [-0.2, 0) is 0 Å². The summed E-state index contributed by atoms with van der Waals surface area (Å²) >= 11 is 0. The maximum absolute atomic E-state index is 10.4. The zero-order valence-corrected chi connectivity index (χ0v) is 9.76. The minimum absolute atomic E-state index is 0.342. The Morgan fingerprint density at radius 1 is 1.38 bits per heavy atom. The van der Waals surface area contributed by atoms with Crippen molar-refractivity contribution < 1.29 is 5.11 Å². The van der Waals surface area contributed by atoms with Crippen LogP contribution in [0.2, 0.25) is 0 Å². The summed E-state index contributed by atoms with van der Waals surface area (Å²) in [6.07, 6.45) is 2.21. The highest BCUT2D eigenvalue weighted by atomic mass is 16.3. The van der Waals surface area contributed by atoms with Crippen molar-refractivity contribution in [2.45, 2.75) is 18.4 Å². The van der Waals surface area contributed by atoms with Crippen LogP contribution in [0.15, 0.2) is 30.3 Å². The van der Waals surface area contributed by atoms with Gasteiger partial charge in [-0.25, -0.2) is 0 Å². The van der Waals surface area contributed by atoms with Gasteiger partial charge in [0, 0.05) is 25.8 Å². The van der Waals surface area contributed by atoms with E-state index in [0.29, 0.717) is 19.0 Å². The molecule has 1 fully saturated rings. The maximum atomic E-state index is 10.4. The van der Waals surface area contributed by atoms with E-state index >= 15 is 0 Å². The molecule has 0 radical (unpaired) electrons. The fraction of sp³-hybridized carbons (Fsp3) is 0.538. The van der Waals surface area contributed by atoms with Crippen molar-refractivity contribution in [1.29, 1.82) is 0 Å². The van der Waals surface area contributed by atoms with Crippen LogP contribution in [0.25, 0.3) is 0 Å². The van der Waals surface area contributed by atoms with E-state index in [-0.39, 0.29) is 0 Å². The smallest absolute Gasteiger partial charge is 0.0970 e. The molecule has 0 aliphatic heterocycles. The zero-order chi connectivity index (χ0) is 11.6. The molecule has 1 aliphatic carbocycles. The lowest BCUT2D eigenvalue weighted by Crippen LogP contribution is -2.49. The summed E-state index contributed by atoms with van der Waals surface area (Å²) in [4.78, 5) is 2.07. The fourth-order valence-corrected chi connectivity index (χ4v) is 2.17. The minimum Gasteiger partial charge on any atom is -0.386 e. The molecule has 0 amide bonds. The quantitative estimate of drug-likeness (QED) is 0.784. The van der Waals surface area contributed by atoms with E-state index in [1.807, 2.05) is 37.4 Å². The van der Waals surface area contributed by atoms with Crippen LogP contribution >= 0.6 is 0 Å². The van der Waals surface area contributed by atoms with Crippen molar-refractivity contribution in [3.8, 4) is 0 Å². The largest absolute Gasteiger partial charge is 0.386 e. The van der Waals surface area contributed by atoms with E-state index in [1.54, 1.807) is 0 Å². The number of rotatable bonds is 5. The van der Waals surface area contributed by atoms with Crippen LogP contribution < -0.4 is 10.6 Å². The molecular weight excluding hydrogens is 200 g/mol. The molecule has 2 rings (SSSR count). The highest BCUT2D eigenvalue weighted by Gasteiger charge is 2.43. The molecule has 0 aromatic heterocycles. The molecule has 88 valence electrons. The van der Waals surface area contributed by atoms with Gasteiger partial charge in [-0.05, 0) is 30.9 Å². The Balaban J connectivity index is 2.03. The number of nitrogens with zero attached hydrogens (tertiary/aromatic N) is 1. The van der Waals surface area contributed by atoms with Crippen molar-refractivity contribution in [1.82, 2.24) is 0 Å². The van der Waals surface area contributed by atoms with Crippen LogP contribution in [0.1, 0.15) is 12.8 Å². The Morgan fingerprint density at radius 2 is 2.00 bits per heavy atom. The zero-order valence-electron chi connectivity index (χ0n) is 9.76. The molecule has 3 heteroatoms. The van der Waals surface area contributed by atoms with Gasteiger partial charge in [-0.1, -0.05) is 18.2 Å². The summed E-state index contributed by atoms with van der Waals surface area (Å²) in [5.41, 5.74) is 6.10. The second-order valence-corrected chi connectivity index (χ2v) is 4.77. The minimum atomic E-state index is -0.718. The molecule has 1 atom stereocenters. The van der Waals surface area contributed by atoms with Gasteiger partial charge in [-0.15, -0.1) is 0 Å². The second kappa shape index (κ2) is 4.44. The number of nitrogens with two attached hydrogens (primary N) is 1. The molecule has 3 N–H and O–H groups in total. The fourth-order valence-electron chi connectivity index (χ4n) is 2.17. The third kappa shape index (κ3) is 2.36. The van der Waals surface area contributed by atoms with Crippen LogP contribution in [0.5, 0.6) is 0 Å². The number of likely N-dealkylation sites (N-methyl/N-ethyl adjacent to an activating group) is 1. The van der Waals surface area contributed by atoms with Gasteiger partial charge in [0.15, 0.2) is 0 Å². The maximum Gasteiger partial charge on any atom is 0.0970 e. The van der Waals surface area contributed by atoms with Crippen molar-refractivity contribution in [2.75, 3.05) is 25.0 Å². The molecule has 3 nitrogen and oxygen atoms in total. The number of hydrogen-bond donors (Lipinski definition) is 2. The van der Waals surface area contributed by atoms with Gasteiger partial charge >= 0.3 is 0 Å². The molecule has 16 heavy (non-hydrogen) atoms. The Kier molecular flexibility index (Phi) is 3.17. The van der Waals surface area contributed by atoms with Gasteiger partial charge in [0.2, 0.25) is 0 Å². The van der Waals surface area contributed by atoms with E-state index < -0.39 is 5.60 Å². The van der Waals surface area contributed by atoms with Crippen LogP contribution in [0, 0.1) is 5.92 Å². The highest BCUT2D eigenvalue weighted by molar-refractivity contribution is 5.45. The van der Waals surface area contributed by atoms with E-state index in [9.17, 15) is 5.11 Å². The lowest BCUT2D eigenvalue weighted by Gasteiger charge is -2.32. The highest BCUT2D eigenvalue weighted by Crippen LogP contribution is 2.39. The predicted molar refractivity (Wildman–Crippen MR) is 66.4 cm³/mol. The van der Waals surface area contributed by atoms with Crippen molar-refractivity contribution >= 4 is 5.69 Å². The monoisotopic (exact) mass is 220 g/mol. The molecule has 0 saturated heterocycles. The summed E-state index contributed by atoms with van der Waals surface area (Å²) in [5, 5.41) is 10.4. The Labute approximate surface area is 96.9 Å². The van der Waals surface area contributed by atoms with Crippen molar-refractivity contribution in [3.63, 3.8) is 0 Å². The summed E-state index contributed by atoms with van der Waals surface area (Å²) in [5.74, 6) is 0.392. The van der Waals surface area contributed by atoms with E-state index in [4.69, 9.17) is 5.73 Å². The van der Waals surface area contributed by atoms with Crippen molar-refractivity contribution in [2.24, 2.45) is 11.7 Å². The molecule has 0 heterocycles. The number of anilines is 1. The second-order valence-electron chi connectivity index (χ2n) is 4.77. The van der Waals surface area contributed by atoms with Gasteiger partial charge in [-0.2, -0.15) is 0 Å². The third-order valence-electron chi connectivity index (χ3n) is 3.40. The molecule has 1 aliphatic rings.